The number of nitrogens with one attached hydrogen (secondary N) is 1. The fraction of sp³-hybridized carbons (Fsp3) is 0.500. The maximum atomic E-state index is 11.2. The van der Waals surface area contributed by atoms with Gasteiger partial charge in [0, 0.05) is 0 Å². The summed E-state index contributed by atoms with van der Waals surface area (Å²) in [7, 11) is 0. The molecule has 0 aliphatic carbocycles. The van der Waals surface area contributed by atoms with Crippen LogP contribution in [0.1, 0.15) is 20.8 Å². The van der Waals surface area contributed by atoms with Gasteiger partial charge < -0.3 is 4.74 Å². The number of halogens is 1. The van der Waals surface area contributed by atoms with Gasteiger partial charge in [-0.15, -0.1) is 0 Å². The maximum absolute atomic E-state index is 11.2. The average Bonchev–Trinajstić information content (AvgIpc) is 2.30. The van der Waals surface area contributed by atoms with Crippen molar-refractivity contribution >= 4 is 34.0 Å². The summed E-state index contributed by atoms with van der Waals surface area (Å²) >= 11 is 6.78. The van der Waals surface area contributed by atoms with Crippen molar-refractivity contribution in [3.05, 3.63) is 10.7 Å². The molecule has 0 aliphatic heterocycles. The smallest absolute Gasteiger partial charge is 0.412 e. The van der Waals surface area contributed by atoms with Gasteiger partial charge in [0.2, 0.25) is 0 Å². The van der Waals surface area contributed by atoms with Crippen molar-refractivity contribution in [1.29, 1.82) is 0 Å². The van der Waals surface area contributed by atoms with E-state index in [0.717, 1.165) is 0 Å². The first kappa shape index (κ1) is 11.3. The molecule has 1 aromatic rings. The predicted molar refractivity (Wildman–Crippen MR) is 57.0 cm³/mol. The third-order valence-electron chi connectivity index (χ3n) is 1.10. The van der Waals surface area contributed by atoms with Crippen LogP contribution in [0.3, 0.4) is 0 Å². The van der Waals surface area contributed by atoms with Crippen molar-refractivity contribution in [3.63, 3.8) is 0 Å². The number of hydrogen-bond acceptors (Lipinski definition) is 4. The molecule has 1 N–H and O–H groups in total. The molecule has 1 amide bonds. The minimum absolute atomic E-state index is 0.385. The molecule has 0 fully saturated rings. The summed E-state index contributed by atoms with van der Waals surface area (Å²) in [5.41, 5.74) is -0.501. The Bertz CT molecular complexity index is 332. The van der Waals surface area contributed by atoms with Gasteiger partial charge >= 0.3 is 6.09 Å². The van der Waals surface area contributed by atoms with Crippen molar-refractivity contribution in [2.24, 2.45) is 0 Å². The number of amides is 1. The SMILES string of the molecule is CC(C)(C)OC(=O)Nc1cnc(Cl)s1. The van der Waals surface area contributed by atoms with Gasteiger partial charge in [0.15, 0.2) is 4.47 Å². The van der Waals surface area contributed by atoms with E-state index in [2.05, 4.69) is 10.3 Å². The molecule has 0 unspecified atom stereocenters. The molecule has 14 heavy (non-hydrogen) atoms. The molecule has 0 aliphatic rings. The average molecular weight is 235 g/mol. The second-order valence-electron chi connectivity index (χ2n) is 3.60. The first-order valence-corrected chi connectivity index (χ1v) is 5.17. The molecule has 0 aromatic carbocycles. The summed E-state index contributed by atoms with van der Waals surface area (Å²) in [5.74, 6) is 0. The van der Waals surface area contributed by atoms with Crippen LogP contribution in [0, 0.1) is 0 Å². The second kappa shape index (κ2) is 4.14. The van der Waals surface area contributed by atoms with E-state index in [9.17, 15) is 4.79 Å². The van der Waals surface area contributed by atoms with Crippen molar-refractivity contribution in [2.75, 3.05) is 5.32 Å². The number of ether oxygens (including phenoxy) is 1. The summed E-state index contributed by atoms with van der Waals surface area (Å²) in [4.78, 5) is 15.0. The highest BCUT2D eigenvalue weighted by Gasteiger charge is 2.16. The number of nitrogens with zero attached hydrogens (tertiary/aromatic N) is 1. The highest BCUT2D eigenvalue weighted by atomic mass is 35.5. The van der Waals surface area contributed by atoms with Gasteiger partial charge in [0.1, 0.15) is 10.6 Å². The largest absolute Gasteiger partial charge is 0.444 e. The monoisotopic (exact) mass is 234 g/mol. The third kappa shape index (κ3) is 3.93. The summed E-state index contributed by atoms with van der Waals surface area (Å²) in [6.45, 7) is 5.39. The highest BCUT2D eigenvalue weighted by Crippen LogP contribution is 2.23. The van der Waals surface area contributed by atoms with Gasteiger partial charge in [-0.1, -0.05) is 22.9 Å². The molecular weight excluding hydrogens is 224 g/mol. The Hall–Kier alpha value is -0.810. The Morgan fingerprint density at radius 1 is 1.64 bits per heavy atom. The summed E-state index contributed by atoms with van der Waals surface area (Å²) in [6.07, 6.45) is 0.981. The van der Waals surface area contributed by atoms with Crippen LogP contribution in [-0.2, 0) is 4.74 Å². The fourth-order valence-corrected chi connectivity index (χ4v) is 1.54. The van der Waals surface area contributed by atoms with E-state index in [0.29, 0.717) is 9.47 Å². The van der Waals surface area contributed by atoms with Crippen LogP contribution in [0.5, 0.6) is 0 Å². The molecule has 6 heteroatoms. The van der Waals surface area contributed by atoms with Crippen molar-refractivity contribution in [3.8, 4) is 0 Å². The highest BCUT2D eigenvalue weighted by molar-refractivity contribution is 7.19. The van der Waals surface area contributed by atoms with Gasteiger partial charge in [-0.05, 0) is 20.8 Å². The van der Waals surface area contributed by atoms with Crippen LogP contribution in [-0.4, -0.2) is 16.7 Å². The quantitative estimate of drug-likeness (QED) is 0.812. The molecule has 0 saturated heterocycles. The molecule has 0 atom stereocenters. The number of anilines is 1. The van der Waals surface area contributed by atoms with E-state index in [1.54, 1.807) is 20.8 Å². The Kier molecular flexibility index (Phi) is 3.34. The van der Waals surface area contributed by atoms with E-state index < -0.39 is 11.7 Å². The topological polar surface area (TPSA) is 51.2 Å². The molecule has 0 bridgehead atoms. The second-order valence-corrected chi connectivity index (χ2v) is 5.22. The number of hydrogen-bond donors (Lipinski definition) is 1. The standard InChI is InChI=1S/C8H11ClN2O2S/c1-8(2,3)13-7(12)11-5-4-10-6(9)14-5/h4H,1-3H3,(H,11,12). The number of carbonyl (C=O) groups is 1. The number of carbonyl (C=O) groups excluding carboxylic acids is 1. The lowest BCUT2D eigenvalue weighted by Crippen LogP contribution is -2.26. The van der Waals surface area contributed by atoms with Crippen molar-refractivity contribution in [2.45, 2.75) is 26.4 Å². The number of rotatable bonds is 1. The van der Waals surface area contributed by atoms with E-state index in [-0.39, 0.29) is 0 Å². The summed E-state index contributed by atoms with van der Waals surface area (Å²) in [5, 5.41) is 3.10. The van der Waals surface area contributed by atoms with E-state index >= 15 is 0 Å². The van der Waals surface area contributed by atoms with Crippen LogP contribution in [0.25, 0.3) is 0 Å². The zero-order valence-corrected chi connectivity index (χ0v) is 9.70. The molecule has 4 nitrogen and oxygen atoms in total. The molecule has 1 rings (SSSR count). The lowest BCUT2D eigenvalue weighted by molar-refractivity contribution is 0.0636. The lowest BCUT2D eigenvalue weighted by atomic mass is 10.2. The maximum Gasteiger partial charge on any atom is 0.412 e. The first-order chi connectivity index (χ1) is 6.37. The molecular formula is C8H11ClN2O2S. The Balaban J connectivity index is 2.50. The van der Waals surface area contributed by atoms with Crippen LogP contribution in [0.2, 0.25) is 4.47 Å². The van der Waals surface area contributed by atoms with Crippen molar-refractivity contribution in [1.82, 2.24) is 4.98 Å². The van der Waals surface area contributed by atoms with Crippen LogP contribution in [0.4, 0.5) is 9.80 Å². The fourth-order valence-electron chi connectivity index (χ4n) is 0.715. The van der Waals surface area contributed by atoms with E-state index in [1.165, 1.54) is 17.5 Å². The zero-order valence-electron chi connectivity index (χ0n) is 8.13. The lowest BCUT2D eigenvalue weighted by Gasteiger charge is -2.19. The van der Waals surface area contributed by atoms with Crippen LogP contribution in [0.15, 0.2) is 6.20 Å². The zero-order chi connectivity index (χ0) is 10.8. The van der Waals surface area contributed by atoms with Gasteiger partial charge in [-0.2, -0.15) is 0 Å². The Morgan fingerprint density at radius 2 is 2.29 bits per heavy atom. The first-order valence-electron chi connectivity index (χ1n) is 3.98. The van der Waals surface area contributed by atoms with Gasteiger partial charge in [0.05, 0.1) is 6.20 Å². The number of aromatic nitrogens is 1. The number of thiazole rings is 1. The summed E-state index contributed by atoms with van der Waals surface area (Å²) < 4.78 is 5.42. The third-order valence-corrected chi connectivity index (χ3v) is 2.13. The summed E-state index contributed by atoms with van der Waals surface area (Å²) in [6, 6.07) is 0. The Labute approximate surface area is 91.2 Å². The molecule has 0 spiro atoms. The van der Waals surface area contributed by atoms with Crippen molar-refractivity contribution < 1.29 is 9.53 Å². The van der Waals surface area contributed by atoms with Crippen LogP contribution < -0.4 is 5.32 Å². The molecule has 1 heterocycles. The minimum atomic E-state index is -0.502. The predicted octanol–water partition coefficient (Wildman–Crippen LogP) is 3.14. The van der Waals surface area contributed by atoms with Gasteiger partial charge in [-0.25, -0.2) is 9.78 Å². The Morgan fingerprint density at radius 3 is 2.71 bits per heavy atom. The van der Waals surface area contributed by atoms with Gasteiger partial charge in [-0.3, -0.25) is 5.32 Å². The molecule has 78 valence electrons. The van der Waals surface area contributed by atoms with Crippen LogP contribution >= 0.6 is 22.9 Å². The molecule has 1 aromatic heterocycles. The van der Waals surface area contributed by atoms with E-state index in [1.807, 2.05) is 0 Å². The molecule has 0 radical (unpaired) electrons. The molecule has 0 saturated carbocycles. The normalized spacial score (nSPS) is 11.1. The minimum Gasteiger partial charge on any atom is -0.444 e. The van der Waals surface area contributed by atoms with E-state index in [4.69, 9.17) is 16.3 Å². The van der Waals surface area contributed by atoms with Gasteiger partial charge in [0.25, 0.3) is 0 Å².